The molecule has 0 heterocycles. The maximum atomic E-state index is 13.6. The number of nitrogens with zero attached hydrogens (tertiary/aromatic N) is 1. The van der Waals surface area contributed by atoms with Crippen LogP contribution in [0, 0.1) is 11.6 Å². The Morgan fingerprint density at radius 2 is 2.11 bits per heavy atom. The molecule has 18 heavy (non-hydrogen) atoms. The maximum Gasteiger partial charge on any atom is 0.259 e. The van der Waals surface area contributed by atoms with E-state index in [0.717, 1.165) is 12.1 Å². The number of nitrogen functional groups attached to an aromatic ring is 1. The van der Waals surface area contributed by atoms with E-state index < -0.39 is 23.1 Å². The average Bonchev–Trinajstić information content (AvgIpc) is 2.34. The monoisotopic (exact) mass is 258 g/mol. The molecule has 0 radical (unpaired) electrons. The zero-order valence-electron chi connectivity index (χ0n) is 10.4. The highest BCUT2D eigenvalue weighted by molar-refractivity contribution is 5.95. The number of nitrogens with two attached hydrogens (primary N) is 1. The number of hydrogen-bond donors (Lipinski definition) is 1. The van der Waals surface area contributed by atoms with Gasteiger partial charge in [0, 0.05) is 20.2 Å². The molecular weight excluding hydrogens is 242 g/mol. The Bertz CT molecular complexity index is 438. The summed E-state index contributed by atoms with van der Waals surface area (Å²) in [5.41, 5.74) is 4.43. The van der Waals surface area contributed by atoms with Crippen LogP contribution in [-0.4, -0.2) is 37.6 Å². The van der Waals surface area contributed by atoms with Gasteiger partial charge in [-0.1, -0.05) is 0 Å². The lowest BCUT2D eigenvalue weighted by molar-refractivity contribution is 0.0701. The van der Waals surface area contributed by atoms with Gasteiger partial charge in [-0.3, -0.25) is 4.79 Å². The molecule has 1 aromatic carbocycles. The summed E-state index contributed by atoms with van der Waals surface area (Å²) in [6.07, 6.45) is 0. The van der Waals surface area contributed by atoms with Gasteiger partial charge in [0.15, 0.2) is 5.82 Å². The van der Waals surface area contributed by atoms with Crippen molar-refractivity contribution in [2.24, 2.45) is 0 Å². The lowest BCUT2D eigenvalue weighted by Gasteiger charge is -2.18. The van der Waals surface area contributed by atoms with Gasteiger partial charge >= 0.3 is 0 Å². The molecule has 0 aliphatic heterocycles. The number of amides is 1. The number of anilines is 1. The highest BCUT2D eigenvalue weighted by atomic mass is 19.1. The molecule has 1 rings (SSSR count). The molecule has 1 aromatic rings. The number of halogens is 2. The van der Waals surface area contributed by atoms with Crippen LogP contribution in [0.25, 0.3) is 0 Å². The third-order valence-corrected chi connectivity index (χ3v) is 2.46. The van der Waals surface area contributed by atoms with Crippen molar-refractivity contribution in [3.05, 3.63) is 29.3 Å². The molecule has 4 nitrogen and oxygen atoms in total. The van der Waals surface area contributed by atoms with E-state index in [0.29, 0.717) is 13.2 Å². The van der Waals surface area contributed by atoms with Crippen LogP contribution in [0.5, 0.6) is 0 Å². The minimum absolute atomic E-state index is 0.250. The second-order valence-corrected chi connectivity index (χ2v) is 3.75. The predicted octanol–water partition coefficient (Wildman–Crippen LogP) is 1.66. The van der Waals surface area contributed by atoms with Gasteiger partial charge in [-0.25, -0.2) is 8.78 Å². The molecule has 0 saturated carbocycles. The third-order valence-electron chi connectivity index (χ3n) is 2.46. The smallest absolute Gasteiger partial charge is 0.259 e. The minimum Gasteiger partial charge on any atom is -0.396 e. The van der Waals surface area contributed by atoms with Crippen molar-refractivity contribution < 1.29 is 18.3 Å². The van der Waals surface area contributed by atoms with E-state index in [-0.39, 0.29) is 12.2 Å². The van der Waals surface area contributed by atoms with Crippen LogP contribution >= 0.6 is 0 Å². The standard InChI is InChI=1S/C12H16F2N2O2/c1-3-18-7-6-16(2)12(17)10-8(13)4-5-9(15)11(10)14/h4-5H,3,6-7,15H2,1-2H3. The van der Waals surface area contributed by atoms with Crippen LogP contribution in [0.2, 0.25) is 0 Å². The van der Waals surface area contributed by atoms with Crippen molar-refractivity contribution in [2.75, 3.05) is 32.5 Å². The van der Waals surface area contributed by atoms with Crippen LogP contribution in [0.3, 0.4) is 0 Å². The Kier molecular flexibility index (Phi) is 5.03. The first-order valence-electron chi connectivity index (χ1n) is 5.55. The first-order valence-corrected chi connectivity index (χ1v) is 5.55. The summed E-state index contributed by atoms with van der Waals surface area (Å²) in [5, 5.41) is 0. The summed E-state index contributed by atoms with van der Waals surface area (Å²) in [5.74, 6) is -2.70. The highest BCUT2D eigenvalue weighted by Gasteiger charge is 2.22. The summed E-state index contributed by atoms with van der Waals surface area (Å²) in [6, 6.07) is 2.06. The number of likely N-dealkylation sites (N-methyl/N-ethyl adjacent to an activating group) is 1. The summed E-state index contributed by atoms with van der Waals surface area (Å²) < 4.78 is 32.1. The van der Waals surface area contributed by atoms with Crippen LogP contribution in [0.1, 0.15) is 17.3 Å². The SMILES string of the molecule is CCOCCN(C)C(=O)c1c(F)ccc(N)c1F. The van der Waals surface area contributed by atoms with Gasteiger partial charge in [-0.15, -0.1) is 0 Å². The molecule has 0 aliphatic rings. The molecule has 0 saturated heterocycles. The molecule has 100 valence electrons. The van der Waals surface area contributed by atoms with Crippen molar-refractivity contribution in [1.82, 2.24) is 4.90 Å². The van der Waals surface area contributed by atoms with Gasteiger partial charge in [-0.05, 0) is 19.1 Å². The Labute approximate surface area is 104 Å². The summed E-state index contributed by atoms with van der Waals surface area (Å²) >= 11 is 0. The van der Waals surface area contributed by atoms with Crippen molar-refractivity contribution in [3.8, 4) is 0 Å². The number of benzene rings is 1. The molecule has 0 fully saturated rings. The van der Waals surface area contributed by atoms with Crippen molar-refractivity contribution in [1.29, 1.82) is 0 Å². The molecular formula is C12H16F2N2O2. The molecule has 0 unspecified atom stereocenters. The van der Waals surface area contributed by atoms with E-state index >= 15 is 0 Å². The van der Waals surface area contributed by atoms with E-state index in [2.05, 4.69) is 0 Å². The molecule has 1 amide bonds. The van der Waals surface area contributed by atoms with Crippen LogP contribution < -0.4 is 5.73 Å². The summed E-state index contributed by atoms with van der Waals surface area (Å²) in [7, 11) is 1.45. The Morgan fingerprint density at radius 1 is 1.44 bits per heavy atom. The third kappa shape index (κ3) is 3.16. The first kappa shape index (κ1) is 14.4. The van der Waals surface area contributed by atoms with Gasteiger partial charge < -0.3 is 15.4 Å². The van der Waals surface area contributed by atoms with Crippen LogP contribution in [0.4, 0.5) is 14.5 Å². The van der Waals surface area contributed by atoms with E-state index in [4.69, 9.17) is 10.5 Å². The largest absolute Gasteiger partial charge is 0.396 e. The van der Waals surface area contributed by atoms with Crippen LogP contribution in [-0.2, 0) is 4.74 Å². The quantitative estimate of drug-likeness (QED) is 0.645. The number of carbonyl (C=O) groups is 1. The van der Waals surface area contributed by atoms with E-state index in [1.807, 2.05) is 6.92 Å². The molecule has 0 atom stereocenters. The normalized spacial score (nSPS) is 10.4. The van der Waals surface area contributed by atoms with Gasteiger partial charge in [-0.2, -0.15) is 0 Å². The van der Waals surface area contributed by atoms with E-state index in [1.165, 1.54) is 11.9 Å². The fourth-order valence-electron chi connectivity index (χ4n) is 1.40. The lowest BCUT2D eigenvalue weighted by Crippen LogP contribution is -2.31. The van der Waals surface area contributed by atoms with E-state index in [1.54, 1.807) is 0 Å². The second-order valence-electron chi connectivity index (χ2n) is 3.75. The zero-order chi connectivity index (χ0) is 13.7. The fourth-order valence-corrected chi connectivity index (χ4v) is 1.40. The minimum atomic E-state index is -1.02. The Balaban J connectivity index is 2.86. The fraction of sp³-hybridized carbons (Fsp3) is 0.417. The molecule has 0 aliphatic carbocycles. The molecule has 0 spiro atoms. The zero-order valence-corrected chi connectivity index (χ0v) is 10.4. The molecule has 2 N–H and O–H groups in total. The number of hydrogen-bond acceptors (Lipinski definition) is 3. The van der Waals surface area contributed by atoms with Crippen molar-refractivity contribution in [3.63, 3.8) is 0 Å². The maximum absolute atomic E-state index is 13.6. The molecule has 0 aromatic heterocycles. The average molecular weight is 258 g/mol. The van der Waals surface area contributed by atoms with Crippen LogP contribution in [0.15, 0.2) is 12.1 Å². The van der Waals surface area contributed by atoms with Gasteiger partial charge in [0.1, 0.15) is 11.4 Å². The van der Waals surface area contributed by atoms with Gasteiger partial charge in [0.05, 0.1) is 12.3 Å². The number of carbonyl (C=O) groups excluding carboxylic acids is 1. The van der Waals surface area contributed by atoms with E-state index in [9.17, 15) is 13.6 Å². The lowest BCUT2D eigenvalue weighted by atomic mass is 10.1. The number of ether oxygens (including phenoxy) is 1. The Hall–Kier alpha value is -1.69. The Morgan fingerprint density at radius 3 is 2.72 bits per heavy atom. The number of rotatable bonds is 5. The first-order chi connectivity index (χ1) is 8.49. The molecule has 0 bridgehead atoms. The highest BCUT2D eigenvalue weighted by Crippen LogP contribution is 2.19. The molecule has 6 heteroatoms. The van der Waals surface area contributed by atoms with Crippen molar-refractivity contribution in [2.45, 2.75) is 6.92 Å². The topological polar surface area (TPSA) is 55.6 Å². The van der Waals surface area contributed by atoms with Crippen molar-refractivity contribution >= 4 is 11.6 Å². The van der Waals surface area contributed by atoms with Gasteiger partial charge in [0.25, 0.3) is 5.91 Å². The second kappa shape index (κ2) is 6.30. The van der Waals surface area contributed by atoms with Gasteiger partial charge in [0.2, 0.25) is 0 Å². The summed E-state index contributed by atoms with van der Waals surface area (Å²) in [4.78, 5) is 13.1. The predicted molar refractivity (Wildman–Crippen MR) is 64.2 cm³/mol. The summed E-state index contributed by atoms with van der Waals surface area (Å²) in [6.45, 7) is 2.90.